The van der Waals surface area contributed by atoms with E-state index < -0.39 is 71.0 Å². The van der Waals surface area contributed by atoms with Gasteiger partial charge in [-0.2, -0.15) is 35.1 Å². The van der Waals surface area contributed by atoms with Crippen molar-refractivity contribution in [3.05, 3.63) is 95.1 Å². The number of halogens is 8. The maximum Gasteiger partial charge on any atom is 0.482 e. The smallest absolute Gasteiger partial charge is 0.394 e. The summed E-state index contributed by atoms with van der Waals surface area (Å²) in [6, 6.07) is 13.4. The number of aliphatic hydroxyl groups excluding tert-OH is 1. The molecule has 0 spiro atoms. The van der Waals surface area contributed by atoms with E-state index in [9.17, 15) is 53.4 Å². The first-order chi connectivity index (χ1) is 21.9. The summed E-state index contributed by atoms with van der Waals surface area (Å²) in [7, 11) is -3.46. The first-order valence-electron chi connectivity index (χ1n) is 14.2. The minimum atomic E-state index is -5.96. The van der Waals surface area contributed by atoms with Gasteiger partial charge < -0.3 is 20.1 Å². The largest absolute Gasteiger partial charge is 0.482 e. The molecule has 1 unspecified atom stereocenters. The third kappa shape index (κ3) is 8.40. The molecule has 3 aromatic rings. The summed E-state index contributed by atoms with van der Waals surface area (Å²) in [5.74, 6) is -1.28. The Labute approximate surface area is 265 Å². The van der Waals surface area contributed by atoms with Crippen LogP contribution in [0, 0.1) is 0 Å². The van der Waals surface area contributed by atoms with Gasteiger partial charge in [0.15, 0.2) is 9.84 Å². The molecule has 256 valence electrons. The molecule has 0 aromatic heterocycles. The molecule has 1 heterocycles. The van der Waals surface area contributed by atoms with Crippen LogP contribution in [-0.2, 0) is 20.8 Å². The second kappa shape index (κ2) is 13.8. The highest BCUT2D eigenvalue weighted by molar-refractivity contribution is 7.91. The topological polar surface area (TPSA) is 95.9 Å². The average molecular weight is 695 g/mol. The highest BCUT2D eigenvalue weighted by Crippen LogP contribution is 2.40. The van der Waals surface area contributed by atoms with Crippen LogP contribution in [0.5, 0.6) is 0 Å². The van der Waals surface area contributed by atoms with Crippen LogP contribution >= 0.6 is 0 Å². The van der Waals surface area contributed by atoms with Gasteiger partial charge in [0.25, 0.3) is 5.91 Å². The zero-order valence-electron chi connectivity index (χ0n) is 24.7. The van der Waals surface area contributed by atoms with Crippen LogP contribution in [0.3, 0.4) is 0 Å². The van der Waals surface area contributed by atoms with Gasteiger partial charge in [0.1, 0.15) is 0 Å². The number of hydrogen-bond donors (Lipinski definition) is 2. The van der Waals surface area contributed by atoms with Crippen LogP contribution in [0.1, 0.15) is 52.4 Å². The Balaban J connectivity index is 1.52. The molecule has 4 rings (SSSR count). The standard InChI is InChI=1S/C31H30F8N2O5S/c1-2-47(44,45)26-13-7-20(8-14-26)27(17-42)40-28(43)21-5-11-24(12-6-21)41-16-22(19-3-9-23(10-4-19)29(32,33)34)15-25(41)18-46-31(38,39)30(35,36)37/h3-14,22,25,27,42H,2,15-18H2,1H3,(H,40,43)/t22?,25-,27-/m0/s1. The maximum atomic E-state index is 13.6. The summed E-state index contributed by atoms with van der Waals surface area (Å²) in [4.78, 5) is 14.5. The molecule has 1 aliphatic heterocycles. The fraction of sp³-hybridized carbons (Fsp3) is 0.387. The molecule has 0 aliphatic carbocycles. The number of nitrogens with one attached hydrogen (secondary N) is 1. The Hall–Kier alpha value is -3.76. The number of ether oxygens (including phenoxy) is 1. The molecule has 1 fully saturated rings. The zero-order valence-corrected chi connectivity index (χ0v) is 25.5. The lowest BCUT2D eigenvalue weighted by atomic mass is 9.95. The van der Waals surface area contributed by atoms with Crippen LogP contribution in [0.2, 0.25) is 0 Å². The lowest BCUT2D eigenvalue weighted by molar-refractivity contribution is -0.391. The summed E-state index contributed by atoms with van der Waals surface area (Å²) in [6.07, 6.45) is -16.0. The third-order valence-corrected chi connectivity index (χ3v) is 9.63. The third-order valence-electron chi connectivity index (χ3n) is 7.88. The fourth-order valence-electron chi connectivity index (χ4n) is 5.21. The normalized spacial score (nSPS) is 18.3. The molecule has 1 aliphatic rings. The minimum absolute atomic E-state index is 0.0158. The average Bonchev–Trinajstić information content (AvgIpc) is 3.46. The second-order valence-electron chi connectivity index (χ2n) is 10.9. The van der Waals surface area contributed by atoms with Crippen LogP contribution in [0.25, 0.3) is 0 Å². The number of hydrogen-bond acceptors (Lipinski definition) is 6. The van der Waals surface area contributed by atoms with Gasteiger partial charge in [-0.3, -0.25) is 4.79 Å². The Morgan fingerprint density at radius 1 is 0.936 bits per heavy atom. The number of carbonyl (C=O) groups excluding carboxylic acids is 1. The first kappa shape index (κ1) is 36.1. The molecule has 7 nitrogen and oxygen atoms in total. The summed E-state index contributed by atoms with van der Waals surface area (Å²) in [6.45, 7) is -0.0404. The van der Waals surface area contributed by atoms with Crippen molar-refractivity contribution in [3.63, 3.8) is 0 Å². The predicted molar refractivity (Wildman–Crippen MR) is 155 cm³/mol. The van der Waals surface area contributed by atoms with Crippen molar-refractivity contribution < 1.29 is 58.2 Å². The van der Waals surface area contributed by atoms with E-state index in [0.717, 1.165) is 12.1 Å². The lowest BCUT2D eigenvalue weighted by Crippen LogP contribution is -2.43. The van der Waals surface area contributed by atoms with E-state index >= 15 is 0 Å². The van der Waals surface area contributed by atoms with Gasteiger partial charge >= 0.3 is 18.5 Å². The molecule has 2 N–H and O–H groups in total. The summed E-state index contributed by atoms with van der Waals surface area (Å²) < 4.78 is 133. The van der Waals surface area contributed by atoms with Crippen molar-refractivity contribution in [2.45, 2.75) is 54.7 Å². The van der Waals surface area contributed by atoms with Crippen LogP contribution in [-0.4, -0.2) is 63.3 Å². The molecule has 1 saturated heterocycles. The van der Waals surface area contributed by atoms with E-state index in [2.05, 4.69) is 10.1 Å². The van der Waals surface area contributed by atoms with E-state index in [1.165, 1.54) is 72.5 Å². The van der Waals surface area contributed by atoms with Crippen LogP contribution in [0.4, 0.5) is 40.8 Å². The summed E-state index contributed by atoms with van der Waals surface area (Å²) >= 11 is 0. The van der Waals surface area contributed by atoms with E-state index in [1.54, 1.807) is 0 Å². The fourth-order valence-corrected chi connectivity index (χ4v) is 6.10. The number of alkyl halides is 8. The van der Waals surface area contributed by atoms with Crippen molar-refractivity contribution in [2.24, 2.45) is 0 Å². The number of anilines is 1. The van der Waals surface area contributed by atoms with E-state index in [-0.39, 0.29) is 29.2 Å². The summed E-state index contributed by atoms with van der Waals surface area (Å²) in [5, 5.41) is 12.5. The van der Waals surface area contributed by atoms with Crippen molar-refractivity contribution in [2.75, 3.05) is 30.4 Å². The molecular weight excluding hydrogens is 664 g/mol. The molecule has 0 saturated carbocycles. The van der Waals surface area contributed by atoms with Crippen molar-refractivity contribution in [3.8, 4) is 0 Å². The van der Waals surface area contributed by atoms with E-state index in [4.69, 9.17) is 0 Å². The van der Waals surface area contributed by atoms with E-state index in [0.29, 0.717) is 16.8 Å². The molecular formula is C31H30F8N2O5S. The number of amides is 1. The van der Waals surface area contributed by atoms with Gasteiger partial charge in [0.2, 0.25) is 0 Å². The highest BCUT2D eigenvalue weighted by atomic mass is 32.2. The molecule has 16 heteroatoms. The number of benzene rings is 3. The van der Waals surface area contributed by atoms with Crippen LogP contribution in [0.15, 0.2) is 77.7 Å². The second-order valence-corrected chi connectivity index (χ2v) is 13.2. The Morgan fingerprint density at radius 3 is 2.04 bits per heavy atom. The van der Waals surface area contributed by atoms with Crippen LogP contribution < -0.4 is 10.2 Å². The molecule has 47 heavy (non-hydrogen) atoms. The van der Waals surface area contributed by atoms with Gasteiger partial charge in [0.05, 0.1) is 41.5 Å². The van der Waals surface area contributed by atoms with Crippen molar-refractivity contribution in [1.29, 1.82) is 0 Å². The van der Waals surface area contributed by atoms with Gasteiger partial charge in [-0.05, 0) is 66.1 Å². The van der Waals surface area contributed by atoms with Gasteiger partial charge in [-0.15, -0.1) is 0 Å². The zero-order chi connectivity index (χ0) is 34.8. The quantitative estimate of drug-likeness (QED) is 0.223. The summed E-state index contributed by atoms with van der Waals surface area (Å²) in [5.41, 5.74) is 0.370. The highest BCUT2D eigenvalue weighted by Gasteiger charge is 2.60. The molecule has 0 radical (unpaired) electrons. The van der Waals surface area contributed by atoms with E-state index in [1.807, 2.05) is 0 Å². The molecule has 3 aromatic carbocycles. The number of carbonyl (C=O) groups is 1. The van der Waals surface area contributed by atoms with Crippen molar-refractivity contribution in [1.82, 2.24) is 5.32 Å². The first-order valence-corrected chi connectivity index (χ1v) is 15.9. The van der Waals surface area contributed by atoms with Crippen molar-refractivity contribution >= 4 is 21.4 Å². The minimum Gasteiger partial charge on any atom is -0.394 e. The number of sulfone groups is 1. The van der Waals surface area contributed by atoms with Gasteiger partial charge in [0, 0.05) is 23.7 Å². The lowest BCUT2D eigenvalue weighted by Gasteiger charge is -2.29. The Kier molecular flexibility index (Phi) is 10.6. The van der Waals surface area contributed by atoms with Gasteiger partial charge in [-0.1, -0.05) is 31.2 Å². The molecule has 3 atom stereocenters. The van der Waals surface area contributed by atoms with Gasteiger partial charge in [-0.25, -0.2) is 8.42 Å². The Morgan fingerprint density at radius 2 is 1.53 bits per heavy atom. The Bertz CT molecular complexity index is 1630. The number of nitrogens with zero attached hydrogens (tertiary/aromatic N) is 1. The number of aliphatic hydroxyl groups is 1. The number of rotatable bonds is 11. The molecule has 0 bridgehead atoms. The molecule has 1 amide bonds. The SMILES string of the molecule is CCS(=O)(=O)c1ccc([C@H](CO)NC(=O)c2ccc(N3CC(c4ccc(C(F)(F)F)cc4)C[C@H]3COC(F)(F)C(F)(F)F)cc2)cc1. The monoisotopic (exact) mass is 694 g/mol. The maximum absolute atomic E-state index is 13.6. The predicted octanol–water partition coefficient (Wildman–Crippen LogP) is 6.50.